The lowest BCUT2D eigenvalue weighted by Crippen LogP contribution is -2.19. The number of nitrogens with zero attached hydrogens (tertiary/aromatic N) is 3. The summed E-state index contributed by atoms with van der Waals surface area (Å²) in [6.07, 6.45) is 11.3. The third-order valence-electron chi connectivity index (χ3n) is 5.63. The van der Waals surface area contributed by atoms with Crippen LogP contribution in [0.15, 0.2) is 60.2 Å². The molecule has 5 heteroatoms. The summed E-state index contributed by atoms with van der Waals surface area (Å²) in [6.45, 7) is 0. The first-order valence-electron chi connectivity index (χ1n) is 10.4. The van der Waals surface area contributed by atoms with Crippen LogP contribution in [0.4, 0.5) is 5.82 Å². The Labute approximate surface area is 175 Å². The van der Waals surface area contributed by atoms with Crippen molar-refractivity contribution in [3.63, 3.8) is 0 Å². The van der Waals surface area contributed by atoms with Gasteiger partial charge in [-0.1, -0.05) is 56.0 Å². The third-order valence-corrected chi connectivity index (χ3v) is 6.51. The van der Waals surface area contributed by atoms with Crippen molar-refractivity contribution in [2.75, 3.05) is 5.32 Å². The van der Waals surface area contributed by atoms with E-state index >= 15 is 0 Å². The van der Waals surface area contributed by atoms with Gasteiger partial charge in [0, 0.05) is 34.9 Å². The van der Waals surface area contributed by atoms with Crippen LogP contribution in [-0.4, -0.2) is 21.0 Å². The summed E-state index contributed by atoms with van der Waals surface area (Å²) in [5.74, 6) is 1.70. The fraction of sp³-hybridized carbons (Fsp3) is 0.292. The van der Waals surface area contributed by atoms with Crippen LogP contribution in [0.3, 0.4) is 0 Å². The number of pyridine rings is 1. The summed E-state index contributed by atoms with van der Waals surface area (Å²) in [7, 11) is 0. The van der Waals surface area contributed by atoms with E-state index in [0.717, 1.165) is 27.4 Å². The second-order valence-corrected chi connectivity index (χ2v) is 8.52. The minimum absolute atomic E-state index is 0.473. The molecule has 1 aromatic carbocycles. The number of thiophene rings is 1. The Kier molecular flexibility index (Phi) is 5.22. The van der Waals surface area contributed by atoms with Crippen molar-refractivity contribution in [2.24, 2.45) is 0 Å². The van der Waals surface area contributed by atoms with Crippen LogP contribution in [-0.2, 0) is 0 Å². The maximum Gasteiger partial charge on any atom is 0.164 e. The molecule has 0 spiro atoms. The van der Waals surface area contributed by atoms with Gasteiger partial charge < -0.3 is 5.32 Å². The number of fused-ring (bicyclic) bond motifs is 1. The van der Waals surface area contributed by atoms with Gasteiger partial charge in [-0.25, -0.2) is 9.97 Å². The van der Waals surface area contributed by atoms with E-state index in [-0.39, 0.29) is 0 Å². The molecule has 1 aliphatic carbocycles. The molecule has 1 aliphatic rings. The zero-order valence-electron chi connectivity index (χ0n) is 16.3. The van der Waals surface area contributed by atoms with Gasteiger partial charge in [-0.3, -0.25) is 4.98 Å². The lowest BCUT2D eigenvalue weighted by molar-refractivity contribution is 0.618. The van der Waals surface area contributed by atoms with Crippen LogP contribution < -0.4 is 5.32 Å². The van der Waals surface area contributed by atoms with Crippen LogP contribution in [0.2, 0.25) is 0 Å². The van der Waals surface area contributed by atoms with Gasteiger partial charge in [0.25, 0.3) is 0 Å². The first-order chi connectivity index (χ1) is 14.4. The maximum atomic E-state index is 5.00. The lowest BCUT2D eigenvalue weighted by atomic mass is 10.0. The standard InChI is InChI=1S/C24H24N4S/c1-2-7-13-19(12-6-1)26-23-21-20(17-9-4-3-5-10-17)16-29-24(21)28-22(27-23)18-11-8-14-25-15-18/h3-5,8-11,14-16,19H,1-2,6-7,12-13H2,(H,26,27,28). The van der Waals surface area contributed by atoms with Gasteiger partial charge >= 0.3 is 0 Å². The smallest absolute Gasteiger partial charge is 0.164 e. The van der Waals surface area contributed by atoms with Crippen LogP contribution >= 0.6 is 11.3 Å². The Hall–Kier alpha value is -2.79. The normalized spacial score (nSPS) is 15.3. The van der Waals surface area contributed by atoms with Gasteiger partial charge in [0.05, 0.1) is 5.39 Å². The molecule has 0 saturated heterocycles. The summed E-state index contributed by atoms with van der Waals surface area (Å²) in [4.78, 5) is 15.2. The molecule has 5 rings (SSSR count). The van der Waals surface area contributed by atoms with Gasteiger partial charge in [0.15, 0.2) is 5.82 Å². The molecule has 29 heavy (non-hydrogen) atoms. The van der Waals surface area contributed by atoms with E-state index in [9.17, 15) is 0 Å². The number of anilines is 1. The largest absolute Gasteiger partial charge is 0.367 e. The number of hydrogen-bond donors (Lipinski definition) is 1. The number of hydrogen-bond acceptors (Lipinski definition) is 5. The molecule has 0 bridgehead atoms. The van der Waals surface area contributed by atoms with Crippen LogP contribution in [0.5, 0.6) is 0 Å². The maximum absolute atomic E-state index is 5.00. The topological polar surface area (TPSA) is 50.7 Å². The summed E-state index contributed by atoms with van der Waals surface area (Å²) < 4.78 is 0. The minimum atomic E-state index is 0.473. The number of rotatable bonds is 4. The van der Waals surface area contributed by atoms with Crippen molar-refractivity contribution >= 4 is 27.4 Å². The van der Waals surface area contributed by atoms with Gasteiger partial charge in [-0.15, -0.1) is 11.3 Å². The van der Waals surface area contributed by atoms with Crippen LogP contribution in [0.25, 0.3) is 32.7 Å². The molecule has 1 fully saturated rings. The number of aromatic nitrogens is 3. The van der Waals surface area contributed by atoms with Crippen molar-refractivity contribution in [2.45, 2.75) is 44.6 Å². The molecule has 146 valence electrons. The molecule has 4 aromatic rings. The molecular formula is C24H24N4S. The molecule has 0 aliphatic heterocycles. The predicted octanol–water partition coefficient (Wildman–Crippen LogP) is 6.56. The quantitative estimate of drug-likeness (QED) is 0.394. The summed E-state index contributed by atoms with van der Waals surface area (Å²) >= 11 is 1.69. The molecule has 3 heterocycles. The van der Waals surface area contributed by atoms with E-state index in [1.54, 1.807) is 17.5 Å². The fourth-order valence-electron chi connectivity index (χ4n) is 4.12. The molecule has 3 aromatic heterocycles. The molecule has 1 saturated carbocycles. The highest BCUT2D eigenvalue weighted by molar-refractivity contribution is 7.17. The highest BCUT2D eigenvalue weighted by atomic mass is 32.1. The second kappa shape index (κ2) is 8.29. The monoisotopic (exact) mass is 400 g/mol. The Morgan fingerprint density at radius 1 is 0.862 bits per heavy atom. The third kappa shape index (κ3) is 3.87. The van der Waals surface area contributed by atoms with E-state index in [0.29, 0.717) is 6.04 Å². The Morgan fingerprint density at radius 3 is 2.41 bits per heavy atom. The first kappa shape index (κ1) is 18.3. The van der Waals surface area contributed by atoms with Crippen molar-refractivity contribution in [1.29, 1.82) is 0 Å². The van der Waals surface area contributed by atoms with Gasteiger partial charge in [0.1, 0.15) is 10.6 Å². The zero-order chi connectivity index (χ0) is 19.5. The van der Waals surface area contributed by atoms with Gasteiger partial charge in [-0.05, 0) is 30.5 Å². The van der Waals surface area contributed by atoms with Crippen LogP contribution in [0.1, 0.15) is 38.5 Å². The second-order valence-electron chi connectivity index (χ2n) is 7.67. The van der Waals surface area contributed by atoms with Crippen molar-refractivity contribution in [3.8, 4) is 22.5 Å². The van der Waals surface area contributed by atoms with Gasteiger partial charge in [-0.2, -0.15) is 0 Å². The van der Waals surface area contributed by atoms with Gasteiger partial charge in [0.2, 0.25) is 0 Å². The average Bonchev–Trinajstić information content (AvgIpc) is 3.05. The highest BCUT2D eigenvalue weighted by Gasteiger charge is 2.19. The highest BCUT2D eigenvalue weighted by Crippen LogP contribution is 2.38. The van der Waals surface area contributed by atoms with E-state index in [2.05, 4.69) is 46.0 Å². The lowest BCUT2D eigenvalue weighted by Gasteiger charge is -2.18. The Morgan fingerprint density at radius 2 is 1.66 bits per heavy atom. The number of nitrogens with one attached hydrogen (secondary N) is 1. The predicted molar refractivity (Wildman–Crippen MR) is 121 cm³/mol. The van der Waals surface area contributed by atoms with E-state index in [1.807, 2.05) is 18.3 Å². The Balaban J connectivity index is 1.64. The molecule has 0 radical (unpaired) electrons. The summed E-state index contributed by atoms with van der Waals surface area (Å²) in [5.41, 5.74) is 3.37. The summed E-state index contributed by atoms with van der Waals surface area (Å²) in [6, 6.07) is 15.0. The van der Waals surface area contributed by atoms with Crippen molar-refractivity contribution in [1.82, 2.24) is 15.0 Å². The number of benzene rings is 1. The summed E-state index contributed by atoms with van der Waals surface area (Å²) in [5, 5.41) is 7.15. The molecule has 0 unspecified atom stereocenters. The molecular weight excluding hydrogens is 376 g/mol. The van der Waals surface area contributed by atoms with E-state index in [1.165, 1.54) is 49.7 Å². The van der Waals surface area contributed by atoms with E-state index in [4.69, 9.17) is 9.97 Å². The fourth-order valence-corrected chi connectivity index (χ4v) is 5.06. The van der Waals surface area contributed by atoms with Crippen molar-refractivity contribution < 1.29 is 0 Å². The molecule has 1 N–H and O–H groups in total. The molecule has 0 amide bonds. The average molecular weight is 401 g/mol. The Bertz CT molecular complexity index is 1080. The van der Waals surface area contributed by atoms with Crippen molar-refractivity contribution in [3.05, 3.63) is 60.2 Å². The van der Waals surface area contributed by atoms with Crippen LogP contribution in [0, 0.1) is 0 Å². The SMILES string of the molecule is c1ccc(-c2csc3nc(-c4cccnc4)nc(NC4CCCCCC4)c23)cc1. The molecule has 0 atom stereocenters. The zero-order valence-corrected chi connectivity index (χ0v) is 17.2. The minimum Gasteiger partial charge on any atom is -0.367 e. The van der Waals surface area contributed by atoms with E-state index < -0.39 is 0 Å². The molecule has 4 nitrogen and oxygen atoms in total. The first-order valence-corrected chi connectivity index (χ1v) is 11.3.